The molecule has 0 radical (unpaired) electrons. The van der Waals surface area contributed by atoms with Gasteiger partial charge in [-0.05, 0) is 94.2 Å². The predicted octanol–water partition coefficient (Wildman–Crippen LogP) is 5.50. The molecule has 3 aliphatic rings. The molecule has 0 spiro atoms. The van der Waals surface area contributed by atoms with E-state index < -0.39 is 28.9 Å². The Balaban J connectivity index is 1.16. The van der Waals surface area contributed by atoms with Crippen LogP contribution in [0.25, 0.3) is 0 Å². The van der Waals surface area contributed by atoms with Crippen LogP contribution in [0.15, 0.2) is 41.0 Å². The Morgan fingerprint density at radius 1 is 1.20 bits per heavy atom. The average molecular weight is 645 g/mol. The van der Waals surface area contributed by atoms with Gasteiger partial charge in [-0.2, -0.15) is 0 Å². The molecule has 41 heavy (non-hydrogen) atoms. The number of benzene rings is 2. The largest absolute Gasteiger partial charge is 0.382 e. The summed E-state index contributed by atoms with van der Waals surface area (Å²) in [6.07, 6.45) is 5.19. The summed E-state index contributed by atoms with van der Waals surface area (Å²) in [5.41, 5.74) is 2.27. The van der Waals surface area contributed by atoms with Crippen LogP contribution in [0.1, 0.15) is 73.4 Å². The fraction of sp³-hybridized carbons (Fsp3) is 0.467. The molecule has 8 nitrogen and oxygen atoms in total. The molecule has 216 valence electrons. The number of nitrogens with zero attached hydrogens (tertiary/aromatic N) is 4. The molecule has 2 unspecified atom stereocenters. The number of aromatic nitrogens is 3. The van der Waals surface area contributed by atoms with Gasteiger partial charge in [-0.3, -0.25) is 9.59 Å². The minimum Gasteiger partial charge on any atom is -0.382 e. The van der Waals surface area contributed by atoms with E-state index in [0.717, 1.165) is 46.6 Å². The Morgan fingerprint density at radius 3 is 2.59 bits per heavy atom. The number of aryl methyl sites for hydroxylation is 2. The Labute approximate surface area is 251 Å². The molecule has 2 aromatic carbocycles. The van der Waals surface area contributed by atoms with Gasteiger partial charge in [0.1, 0.15) is 23.7 Å². The number of aliphatic hydroxyl groups excluding tert-OH is 1. The maximum atomic E-state index is 14.4. The fourth-order valence-corrected chi connectivity index (χ4v) is 8.03. The van der Waals surface area contributed by atoms with Gasteiger partial charge in [-0.25, -0.2) is 9.07 Å². The number of rotatable bonds is 6. The number of hydrogen-bond donors (Lipinski definition) is 2. The predicted molar refractivity (Wildman–Crippen MR) is 156 cm³/mol. The first-order chi connectivity index (χ1) is 19.5. The van der Waals surface area contributed by atoms with Crippen LogP contribution < -0.4 is 10.2 Å². The molecule has 2 aliphatic carbocycles. The highest BCUT2D eigenvalue weighted by atomic mass is 79.9. The first kappa shape index (κ1) is 28.3. The first-order valence-corrected chi connectivity index (χ1v) is 15.1. The van der Waals surface area contributed by atoms with Crippen LogP contribution in [-0.2, 0) is 15.1 Å². The van der Waals surface area contributed by atoms with E-state index in [9.17, 15) is 19.1 Å². The molecule has 1 saturated heterocycles. The number of carbonyl (C=O) groups excluding carboxylic acids is 2. The standard InChI is InChI=1S/C30H32BrClFN5O3/c1-17-12-19(31)13-18(2)25(17)37-11-3-4-23(27(37)40)34-28(41)29-7-9-30(16-29,10-8-29)38-15-24(35-36-38)26(39)21-6-5-20(32)14-22(21)33/h5-6,12-15,23,26,39H,3-4,7-11,16H2,1-2H3,(H,34,41). The van der Waals surface area contributed by atoms with Gasteiger partial charge in [0.25, 0.3) is 0 Å². The van der Waals surface area contributed by atoms with E-state index in [1.54, 1.807) is 10.9 Å². The van der Waals surface area contributed by atoms with Crippen molar-refractivity contribution in [3.05, 3.63) is 74.2 Å². The lowest BCUT2D eigenvalue weighted by Gasteiger charge is -2.36. The number of aliphatic hydroxyl groups is 1. The highest BCUT2D eigenvalue weighted by Gasteiger charge is 2.60. The topological polar surface area (TPSA) is 100 Å². The van der Waals surface area contributed by atoms with E-state index in [0.29, 0.717) is 32.2 Å². The van der Waals surface area contributed by atoms with Crippen LogP contribution in [0.3, 0.4) is 0 Å². The van der Waals surface area contributed by atoms with Gasteiger partial charge >= 0.3 is 0 Å². The third kappa shape index (κ3) is 4.87. The van der Waals surface area contributed by atoms with E-state index in [1.807, 2.05) is 30.9 Å². The molecule has 1 aromatic heterocycles. The highest BCUT2D eigenvalue weighted by Crippen LogP contribution is 2.60. The van der Waals surface area contributed by atoms with Crippen LogP contribution in [0.4, 0.5) is 10.1 Å². The van der Waals surface area contributed by atoms with Crippen molar-refractivity contribution in [3.8, 4) is 0 Å². The third-order valence-corrected chi connectivity index (χ3v) is 9.98. The summed E-state index contributed by atoms with van der Waals surface area (Å²) in [6, 6.07) is 7.56. The number of carbonyl (C=O) groups is 2. The second kappa shape index (κ2) is 10.5. The molecule has 2 N–H and O–H groups in total. The number of nitrogens with one attached hydrogen (secondary N) is 1. The number of halogens is 3. The van der Waals surface area contributed by atoms with Gasteiger partial charge in [0.15, 0.2) is 0 Å². The van der Waals surface area contributed by atoms with Gasteiger partial charge in [-0.15, -0.1) is 5.10 Å². The lowest BCUT2D eigenvalue weighted by Crippen LogP contribution is -2.55. The molecule has 3 aromatic rings. The van der Waals surface area contributed by atoms with Crippen LogP contribution >= 0.6 is 27.5 Å². The van der Waals surface area contributed by atoms with Crippen molar-refractivity contribution in [1.29, 1.82) is 0 Å². The van der Waals surface area contributed by atoms with Gasteiger partial charge in [0, 0.05) is 27.3 Å². The fourth-order valence-electron chi connectivity index (χ4n) is 7.18. The molecule has 2 bridgehead atoms. The van der Waals surface area contributed by atoms with Crippen molar-refractivity contribution in [1.82, 2.24) is 20.3 Å². The van der Waals surface area contributed by atoms with Gasteiger partial charge in [-0.1, -0.05) is 38.8 Å². The maximum Gasteiger partial charge on any atom is 0.249 e. The highest BCUT2D eigenvalue weighted by molar-refractivity contribution is 9.10. The number of hydrogen-bond acceptors (Lipinski definition) is 5. The van der Waals surface area contributed by atoms with Gasteiger partial charge in [0.2, 0.25) is 11.8 Å². The molecule has 2 atom stereocenters. The van der Waals surface area contributed by atoms with E-state index in [-0.39, 0.29) is 28.1 Å². The van der Waals surface area contributed by atoms with Crippen LogP contribution in [0.5, 0.6) is 0 Å². The van der Waals surface area contributed by atoms with Crippen molar-refractivity contribution in [3.63, 3.8) is 0 Å². The van der Waals surface area contributed by atoms with Crippen LogP contribution in [-0.4, -0.2) is 44.5 Å². The SMILES string of the molecule is Cc1cc(Br)cc(C)c1N1CCCC(NC(=O)C23CCC(n4cc(C(O)c5ccc(Cl)cc5F)nn4)(CC2)C3)C1=O. The smallest absolute Gasteiger partial charge is 0.249 e. The van der Waals surface area contributed by atoms with Crippen molar-refractivity contribution < 1.29 is 19.1 Å². The lowest BCUT2D eigenvalue weighted by atomic mass is 9.82. The van der Waals surface area contributed by atoms with Crippen LogP contribution in [0.2, 0.25) is 5.02 Å². The number of anilines is 1. The average Bonchev–Trinajstić information content (AvgIpc) is 3.65. The van der Waals surface area contributed by atoms with Crippen molar-refractivity contribution in [2.75, 3.05) is 11.4 Å². The molecule has 2 saturated carbocycles. The van der Waals surface area contributed by atoms with E-state index >= 15 is 0 Å². The molecule has 2 heterocycles. The number of piperidine rings is 1. The summed E-state index contributed by atoms with van der Waals surface area (Å²) in [7, 11) is 0. The maximum absolute atomic E-state index is 14.4. The second-order valence-electron chi connectivity index (χ2n) is 11.9. The quantitative estimate of drug-likeness (QED) is 0.369. The zero-order valence-corrected chi connectivity index (χ0v) is 25.3. The Kier molecular flexibility index (Phi) is 7.23. The molecule has 1 aliphatic heterocycles. The molecular weight excluding hydrogens is 613 g/mol. The molecule has 11 heteroatoms. The Hall–Kier alpha value is -2.82. The first-order valence-electron chi connectivity index (χ1n) is 14.0. The monoisotopic (exact) mass is 643 g/mol. The zero-order valence-electron chi connectivity index (χ0n) is 23.0. The summed E-state index contributed by atoms with van der Waals surface area (Å²) < 4.78 is 17.1. The van der Waals surface area contributed by atoms with Crippen molar-refractivity contribution in [2.24, 2.45) is 5.41 Å². The van der Waals surface area contributed by atoms with Gasteiger partial charge < -0.3 is 15.3 Å². The summed E-state index contributed by atoms with van der Waals surface area (Å²) in [5, 5.41) is 22.6. The second-order valence-corrected chi connectivity index (χ2v) is 13.2. The normalized spacial score (nSPS) is 26.4. The van der Waals surface area contributed by atoms with Crippen molar-refractivity contribution >= 4 is 45.0 Å². The lowest BCUT2D eigenvalue weighted by molar-refractivity contribution is -0.135. The number of fused-ring (bicyclic) bond motifs is 2. The minimum absolute atomic E-state index is 0.0684. The van der Waals surface area contributed by atoms with Gasteiger partial charge in [0.05, 0.1) is 17.2 Å². The Morgan fingerprint density at radius 2 is 1.90 bits per heavy atom. The summed E-state index contributed by atoms with van der Waals surface area (Å²) in [4.78, 5) is 29.2. The molecule has 3 fully saturated rings. The third-order valence-electron chi connectivity index (χ3n) is 9.29. The summed E-state index contributed by atoms with van der Waals surface area (Å²) >= 11 is 9.38. The summed E-state index contributed by atoms with van der Waals surface area (Å²) in [6.45, 7) is 4.63. The van der Waals surface area contributed by atoms with Crippen LogP contribution in [0, 0.1) is 25.1 Å². The summed E-state index contributed by atoms with van der Waals surface area (Å²) in [5.74, 6) is -0.762. The molecule has 2 amide bonds. The van der Waals surface area contributed by atoms with E-state index in [1.165, 1.54) is 12.1 Å². The molecular formula is C30H32BrClFN5O3. The van der Waals surface area contributed by atoms with Crippen molar-refractivity contribution in [2.45, 2.75) is 76.5 Å². The van der Waals surface area contributed by atoms with E-state index in [4.69, 9.17) is 11.6 Å². The molecule has 6 rings (SSSR count). The van der Waals surface area contributed by atoms with E-state index in [2.05, 4.69) is 31.6 Å². The minimum atomic E-state index is -1.29. The Bertz CT molecular complexity index is 1510. The zero-order chi connectivity index (χ0) is 29.1. The number of amides is 2.